The monoisotopic (exact) mass is 444 g/mol. The zero-order chi connectivity index (χ0) is 23.4. The molecule has 7 nitrogen and oxygen atoms in total. The molecule has 0 saturated carbocycles. The largest absolute Gasteiger partial charge is 0.361 e. The van der Waals surface area contributed by atoms with Crippen LogP contribution in [0.25, 0.3) is 11.3 Å². The summed E-state index contributed by atoms with van der Waals surface area (Å²) in [5.41, 5.74) is 2.00. The van der Waals surface area contributed by atoms with E-state index in [0.717, 1.165) is 23.4 Å². The molecule has 2 heterocycles. The fraction of sp³-hybridized carbons (Fsp3) is 0.391. The summed E-state index contributed by atoms with van der Waals surface area (Å²) in [4.78, 5) is 24.9. The van der Waals surface area contributed by atoms with Crippen molar-refractivity contribution in [3.63, 3.8) is 0 Å². The van der Waals surface area contributed by atoms with Gasteiger partial charge in [0.15, 0.2) is 11.6 Å². The Balaban J connectivity index is 1.73. The third-order valence-electron chi connectivity index (χ3n) is 5.39. The van der Waals surface area contributed by atoms with Crippen LogP contribution < -0.4 is 10.9 Å². The third kappa shape index (κ3) is 5.46. The molecule has 1 N–H and O–H groups in total. The maximum Gasteiger partial charge on any atom is 0.266 e. The summed E-state index contributed by atoms with van der Waals surface area (Å²) in [7, 11) is 0. The molecule has 3 aromatic rings. The highest BCUT2D eigenvalue weighted by atomic mass is 19.2. The Labute approximate surface area is 184 Å². The molecule has 0 unspecified atom stereocenters. The molecule has 0 saturated heterocycles. The summed E-state index contributed by atoms with van der Waals surface area (Å²) in [6.07, 6.45) is 0.755. The average Bonchev–Trinajstić information content (AvgIpc) is 3.06. The van der Waals surface area contributed by atoms with Crippen LogP contribution in [0.2, 0.25) is 0 Å². The molecule has 1 aromatic carbocycles. The standard InChI is InChI=1S/C23H26F2N4O3/c1-13(2)21(26-22(30)9-6-17-14(3)28-32-15(17)4)12-29-23(31)10-8-20(27-29)16-5-7-18(24)19(25)11-16/h5,7-8,10-11,13,21H,6,9,12H2,1-4H3,(H,26,30)/t21-/m0/s1. The highest BCUT2D eigenvalue weighted by Crippen LogP contribution is 2.19. The molecule has 32 heavy (non-hydrogen) atoms. The zero-order valence-electron chi connectivity index (χ0n) is 18.5. The van der Waals surface area contributed by atoms with Gasteiger partial charge in [0.05, 0.1) is 24.0 Å². The summed E-state index contributed by atoms with van der Waals surface area (Å²) >= 11 is 0. The van der Waals surface area contributed by atoms with E-state index in [1.54, 1.807) is 0 Å². The maximum atomic E-state index is 13.6. The first-order valence-corrected chi connectivity index (χ1v) is 10.4. The Hall–Kier alpha value is -3.36. The molecule has 3 rings (SSSR count). The first-order chi connectivity index (χ1) is 15.2. The Morgan fingerprint density at radius 3 is 2.53 bits per heavy atom. The van der Waals surface area contributed by atoms with Gasteiger partial charge in [-0.3, -0.25) is 9.59 Å². The van der Waals surface area contributed by atoms with Crippen molar-refractivity contribution in [2.45, 2.75) is 53.1 Å². The quantitative estimate of drug-likeness (QED) is 0.574. The number of carbonyl (C=O) groups excluding carboxylic acids is 1. The number of aryl methyl sites for hydroxylation is 2. The van der Waals surface area contributed by atoms with Crippen molar-refractivity contribution in [3.05, 3.63) is 69.3 Å². The number of nitrogens with one attached hydrogen (secondary N) is 1. The van der Waals surface area contributed by atoms with E-state index in [2.05, 4.69) is 15.6 Å². The van der Waals surface area contributed by atoms with Crippen LogP contribution in [0.1, 0.15) is 37.3 Å². The Morgan fingerprint density at radius 1 is 1.16 bits per heavy atom. The molecule has 9 heteroatoms. The molecular formula is C23H26F2N4O3. The van der Waals surface area contributed by atoms with Gasteiger partial charge in [-0.15, -0.1) is 0 Å². The molecule has 0 aliphatic carbocycles. The molecule has 0 radical (unpaired) electrons. The zero-order valence-corrected chi connectivity index (χ0v) is 18.5. The summed E-state index contributed by atoms with van der Waals surface area (Å²) in [5.74, 6) is -1.39. The highest BCUT2D eigenvalue weighted by Gasteiger charge is 2.19. The van der Waals surface area contributed by atoms with Gasteiger partial charge in [0.25, 0.3) is 5.56 Å². The molecule has 2 aromatic heterocycles. The molecule has 1 amide bonds. The highest BCUT2D eigenvalue weighted by molar-refractivity contribution is 5.76. The van der Waals surface area contributed by atoms with Crippen LogP contribution in [0.4, 0.5) is 8.78 Å². The summed E-state index contributed by atoms with van der Waals surface area (Å²) < 4.78 is 33.2. The van der Waals surface area contributed by atoms with E-state index in [1.807, 2.05) is 27.7 Å². The van der Waals surface area contributed by atoms with Gasteiger partial charge < -0.3 is 9.84 Å². The number of amides is 1. The van der Waals surface area contributed by atoms with E-state index in [4.69, 9.17) is 4.52 Å². The number of carbonyl (C=O) groups is 1. The van der Waals surface area contributed by atoms with Gasteiger partial charge >= 0.3 is 0 Å². The fourth-order valence-electron chi connectivity index (χ4n) is 3.37. The van der Waals surface area contributed by atoms with Crippen molar-refractivity contribution in [1.82, 2.24) is 20.3 Å². The minimum Gasteiger partial charge on any atom is -0.361 e. The van der Waals surface area contributed by atoms with Crippen molar-refractivity contribution in [2.75, 3.05) is 0 Å². The second-order valence-corrected chi connectivity index (χ2v) is 8.09. The van der Waals surface area contributed by atoms with Crippen molar-refractivity contribution >= 4 is 5.91 Å². The van der Waals surface area contributed by atoms with E-state index in [-0.39, 0.29) is 36.4 Å². The van der Waals surface area contributed by atoms with Gasteiger partial charge in [-0.2, -0.15) is 5.10 Å². The first-order valence-electron chi connectivity index (χ1n) is 10.4. The number of hydrogen-bond acceptors (Lipinski definition) is 5. The van der Waals surface area contributed by atoms with E-state index in [9.17, 15) is 18.4 Å². The summed E-state index contributed by atoms with van der Waals surface area (Å²) in [5, 5.41) is 11.2. The van der Waals surface area contributed by atoms with E-state index < -0.39 is 11.6 Å². The lowest BCUT2D eigenvalue weighted by atomic mass is 10.0. The van der Waals surface area contributed by atoms with E-state index >= 15 is 0 Å². The topological polar surface area (TPSA) is 90.0 Å². The second kappa shape index (κ2) is 9.84. The lowest BCUT2D eigenvalue weighted by Gasteiger charge is -2.23. The van der Waals surface area contributed by atoms with Crippen molar-refractivity contribution < 1.29 is 18.1 Å². The van der Waals surface area contributed by atoms with Crippen molar-refractivity contribution in [1.29, 1.82) is 0 Å². The minimum absolute atomic E-state index is 0.0265. The Morgan fingerprint density at radius 2 is 1.91 bits per heavy atom. The van der Waals surface area contributed by atoms with Crippen LogP contribution in [0.5, 0.6) is 0 Å². The summed E-state index contributed by atoms with van der Waals surface area (Å²) in [6, 6.07) is 5.86. The normalized spacial score (nSPS) is 12.2. The van der Waals surface area contributed by atoms with Crippen LogP contribution in [0.15, 0.2) is 39.6 Å². The lowest BCUT2D eigenvalue weighted by molar-refractivity contribution is -0.122. The van der Waals surface area contributed by atoms with Gasteiger partial charge in [0.1, 0.15) is 5.76 Å². The molecule has 170 valence electrons. The van der Waals surface area contributed by atoms with Gasteiger partial charge in [-0.1, -0.05) is 19.0 Å². The van der Waals surface area contributed by atoms with Crippen molar-refractivity contribution in [3.8, 4) is 11.3 Å². The predicted molar refractivity (Wildman–Crippen MR) is 115 cm³/mol. The van der Waals surface area contributed by atoms with Crippen LogP contribution in [-0.2, 0) is 17.8 Å². The number of nitrogens with zero attached hydrogens (tertiary/aromatic N) is 3. The lowest BCUT2D eigenvalue weighted by Crippen LogP contribution is -2.44. The average molecular weight is 444 g/mol. The predicted octanol–water partition coefficient (Wildman–Crippen LogP) is 3.57. The van der Waals surface area contributed by atoms with Gasteiger partial charge in [0, 0.05) is 23.6 Å². The molecule has 0 bridgehead atoms. The molecular weight excluding hydrogens is 418 g/mol. The number of hydrogen-bond donors (Lipinski definition) is 1. The van der Waals surface area contributed by atoms with E-state index in [0.29, 0.717) is 23.4 Å². The molecule has 0 fully saturated rings. The van der Waals surface area contributed by atoms with Crippen molar-refractivity contribution in [2.24, 2.45) is 5.92 Å². The number of benzene rings is 1. The second-order valence-electron chi connectivity index (χ2n) is 8.09. The fourth-order valence-corrected chi connectivity index (χ4v) is 3.37. The van der Waals surface area contributed by atoms with Gasteiger partial charge in [-0.25, -0.2) is 13.5 Å². The van der Waals surface area contributed by atoms with Gasteiger partial charge in [-0.05, 0) is 50.5 Å². The summed E-state index contributed by atoms with van der Waals surface area (Å²) in [6.45, 7) is 7.65. The molecule has 0 spiro atoms. The molecule has 0 aliphatic heterocycles. The van der Waals surface area contributed by atoms with Crippen LogP contribution in [0, 0.1) is 31.4 Å². The SMILES string of the molecule is Cc1noc(C)c1CCC(=O)N[C@@H](Cn1nc(-c2ccc(F)c(F)c2)ccc1=O)C(C)C. The van der Waals surface area contributed by atoms with E-state index in [1.165, 1.54) is 22.9 Å². The maximum absolute atomic E-state index is 13.6. The van der Waals surface area contributed by atoms with Crippen LogP contribution in [0.3, 0.4) is 0 Å². The Kier molecular flexibility index (Phi) is 7.17. The minimum atomic E-state index is -0.993. The van der Waals surface area contributed by atoms with Crippen LogP contribution in [-0.4, -0.2) is 26.9 Å². The number of aromatic nitrogens is 3. The third-order valence-corrected chi connectivity index (χ3v) is 5.39. The number of halogens is 2. The van der Waals surface area contributed by atoms with Crippen LogP contribution >= 0.6 is 0 Å². The first kappa shape index (κ1) is 23.3. The molecule has 0 aliphatic rings. The molecule has 1 atom stereocenters. The Bertz CT molecular complexity index is 1150. The smallest absolute Gasteiger partial charge is 0.266 e. The number of rotatable bonds is 8. The van der Waals surface area contributed by atoms with Gasteiger partial charge in [0.2, 0.25) is 5.91 Å².